The summed E-state index contributed by atoms with van der Waals surface area (Å²) < 4.78 is 24.8. The normalized spacial score (nSPS) is 19.9. The van der Waals surface area contributed by atoms with E-state index in [1.807, 2.05) is 24.4 Å². The van der Waals surface area contributed by atoms with Gasteiger partial charge in [0.05, 0.1) is 12.6 Å². The molecule has 7 heteroatoms. The first-order valence-electron chi connectivity index (χ1n) is 9.76. The molecule has 2 heterocycles. The largest absolute Gasteiger partial charge is 0.459 e. The van der Waals surface area contributed by atoms with Crippen molar-refractivity contribution in [2.24, 2.45) is 0 Å². The number of allylic oxidation sites excluding steroid dienone is 1. The van der Waals surface area contributed by atoms with Crippen molar-refractivity contribution in [1.29, 1.82) is 0 Å². The molecule has 0 aliphatic carbocycles. The van der Waals surface area contributed by atoms with Gasteiger partial charge in [0.15, 0.2) is 5.76 Å². The Morgan fingerprint density at radius 1 is 1.34 bits per heavy atom. The smallest absolute Gasteiger partial charge is 0.286 e. The molecular weight excluding hydrogens is 393 g/mol. The van der Waals surface area contributed by atoms with E-state index in [2.05, 4.69) is 10.7 Å². The maximum atomic E-state index is 13.1. The van der Waals surface area contributed by atoms with Gasteiger partial charge in [-0.2, -0.15) is 11.3 Å². The van der Waals surface area contributed by atoms with Crippen LogP contribution in [0, 0.1) is 5.82 Å². The van der Waals surface area contributed by atoms with Gasteiger partial charge in [-0.3, -0.25) is 4.79 Å². The summed E-state index contributed by atoms with van der Waals surface area (Å²) in [5.41, 5.74) is 1.93. The highest BCUT2D eigenvalue weighted by atomic mass is 32.1. The number of unbranched alkanes of at least 4 members (excludes halogenated alkanes) is 1. The molecule has 1 amide bonds. The van der Waals surface area contributed by atoms with Gasteiger partial charge >= 0.3 is 0 Å². The highest BCUT2D eigenvalue weighted by Crippen LogP contribution is 2.33. The topological polar surface area (TPSA) is 67.8 Å². The first-order valence-corrected chi connectivity index (χ1v) is 10.7. The minimum absolute atomic E-state index is 0.0275. The van der Waals surface area contributed by atoms with Crippen molar-refractivity contribution in [2.45, 2.75) is 44.4 Å². The number of aliphatic hydroxyl groups excluding tert-OH is 1. The van der Waals surface area contributed by atoms with E-state index in [0.29, 0.717) is 19.4 Å². The fraction of sp³-hybridized carbons (Fsp3) is 0.409. The van der Waals surface area contributed by atoms with Gasteiger partial charge in [-0.15, -0.1) is 0 Å². The van der Waals surface area contributed by atoms with Gasteiger partial charge in [-0.05, 0) is 65.9 Å². The number of carbonyl (C=O) groups excluding carboxylic acids is 1. The van der Waals surface area contributed by atoms with E-state index in [4.69, 9.17) is 14.6 Å². The second kappa shape index (κ2) is 10.5. The average molecular weight is 420 g/mol. The fourth-order valence-corrected chi connectivity index (χ4v) is 3.89. The van der Waals surface area contributed by atoms with Crippen LogP contribution in [0.25, 0.3) is 0 Å². The van der Waals surface area contributed by atoms with Crippen molar-refractivity contribution in [2.75, 3.05) is 13.2 Å². The molecule has 0 unspecified atom stereocenters. The third-order valence-electron chi connectivity index (χ3n) is 4.83. The van der Waals surface area contributed by atoms with Crippen LogP contribution in [0.2, 0.25) is 0 Å². The lowest BCUT2D eigenvalue weighted by Crippen LogP contribution is -2.34. The monoisotopic (exact) mass is 419 g/mol. The molecule has 29 heavy (non-hydrogen) atoms. The number of ether oxygens (including phenoxy) is 2. The molecule has 3 rings (SSSR count). The Morgan fingerprint density at radius 3 is 2.83 bits per heavy atom. The van der Waals surface area contributed by atoms with Gasteiger partial charge < -0.3 is 19.9 Å². The summed E-state index contributed by atoms with van der Waals surface area (Å²) in [7, 11) is 0. The number of benzene rings is 1. The Kier molecular flexibility index (Phi) is 7.80. The van der Waals surface area contributed by atoms with Gasteiger partial charge in [0.2, 0.25) is 6.29 Å². The van der Waals surface area contributed by atoms with E-state index in [1.54, 1.807) is 23.5 Å². The maximum Gasteiger partial charge on any atom is 0.286 e. The molecule has 0 radical (unpaired) electrons. The molecule has 1 aromatic carbocycles. The van der Waals surface area contributed by atoms with Gasteiger partial charge in [0, 0.05) is 18.9 Å². The van der Waals surface area contributed by atoms with Gasteiger partial charge in [0.1, 0.15) is 5.82 Å². The van der Waals surface area contributed by atoms with Crippen molar-refractivity contribution in [3.8, 4) is 0 Å². The molecule has 0 saturated carbocycles. The van der Waals surface area contributed by atoms with Crippen molar-refractivity contribution in [3.63, 3.8) is 0 Å². The van der Waals surface area contributed by atoms with Crippen molar-refractivity contribution < 1.29 is 23.8 Å². The zero-order valence-corrected chi connectivity index (χ0v) is 17.2. The number of nitrogens with one attached hydrogen (secondary N) is 1. The van der Waals surface area contributed by atoms with Crippen molar-refractivity contribution in [3.05, 3.63) is 69.9 Å². The standard InChI is InChI=1S/C22H26FNO4S/c1-15(16-4-6-19(23)7-5-16)24-22(26)20-12-18(17-8-11-29-14-17)13-21(28-20)27-10-3-2-9-25/h4-8,11-12,14-15,18,21,25H,2-3,9-10,13H2,1H3,(H,24,26)/t15-,18+,21-/m0/s1. The van der Waals surface area contributed by atoms with E-state index in [0.717, 1.165) is 17.5 Å². The number of carbonyl (C=O) groups is 1. The fourth-order valence-electron chi connectivity index (χ4n) is 3.17. The van der Waals surface area contributed by atoms with Crippen molar-refractivity contribution >= 4 is 17.2 Å². The summed E-state index contributed by atoms with van der Waals surface area (Å²) in [6.07, 6.45) is 3.33. The van der Waals surface area contributed by atoms with Crippen LogP contribution < -0.4 is 5.32 Å². The third-order valence-corrected chi connectivity index (χ3v) is 5.53. The summed E-state index contributed by atoms with van der Waals surface area (Å²) in [6.45, 7) is 2.43. The van der Waals surface area contributed by atoms with E-state index in [9.17, 15) is 9.18 Å². The van der Waals surface area contributed by atoms with Gasteiger partial charge in [-0.25, -0.2) is 4.39 Å². The molecule has 1 aliphatic rings. The third kappa shape index (κ3) is 6.13. The van der Waals surface area contributed by atoms with Crippen LogP contribution in [-0.2, 0) is 14.3 Å². The number of hydrogen-bond acceptors (Lipinski definition) is 5. The molecule has 0 spiro atoms. The van der Waals surface area contributed by atoms with E-state index in [1.165, 1.54) is 12.1 Å². The first kappa shape index (κ1) is 21.5. The van der Waals surface area contributed by atoms with Crippen LogP contribution in [-0.4, -0.2) is 30.5 Å². The summed E-state index contributed by atoms with van der Waals surface area (Å²) in [5.74, 6) is -0.385. The lowest BCUT2D eigenvalue weighted by atomic mass is 9.95. The zero-order chi connectivity index (χ0) is 20.6. The number of hydrogen-bond donors (Lipinski definition) is 2. The Hall–Kier alpha value is -2.22. The summed E-state index contributed by atoms with van der Waals surface area (Å²) >= 11 is 1.61. The quantitative estimate of drug-likeness (QED) is 0.596. The minimum Gasteiger partial charge on any atom is -0.459 e. The Bertz CT molecular complexity index is 807. The predicted octanol–water partition coefficient (Wildman–Crippen LogP) is 4.27. The lowest BCUT2D eigenvalue weighted by Gasteiger charge is -2.29. The van der Waals surface area contributed by atoms with Crippen LogP contribution in [0.1, 0.15) is 49.3 Å². The molecule has 156 valence electrons. The molecule has 1 aromatic heterocycles. The molecule has 1 aliphatic heterocycles. The average Bonchev–Trinajstić information content (AvgIpc) is 3.26. The van der Waals surface area contributed by atoms with E-state index < -0.39 is 6.29 Å². The van der Waals surface area contributed by atoms with E-state index in [-0.39, 0.29) is 36.1 Å². The van der Waals surface area contributed by atoms with Crippen molar-refractivity contribution in [1.82, 2.24) is 5.32 Å². The molecule has 5 nitrogen and oxygen atoms in total. The Labute approximate surface area is 174 Å². The van der Waals surface area contributed by atoms with Gasteiger partial charge in [0.25, 0.3) is 5.91 Å². The highest BCUT2D eigenvalue weighted by molar-refractivity contribution is 7.08. The molecule has 0 fully saturated rings. The number of halogens is 1. The van der Waals surface area contributed by atoms with Crippen LogP contribution in [0.5, 0.6) is 0 Å². The highest BCUT2D eigenvalue weighted by Gasteiger charge is 2.29. The first-order chi connectivity index (χ1) is 14.1. The minimum atomic E-state index is -0.523. The van der Waals surface area contributed by atoms with Crippen LogP contribution in [0.15, 0.2) is 52.9 Å². The second-order valence-corrected chi connectivity index (χ2v) is 7.81. The number of rotatable bonds is 9. The lowest BCUT2D eigenvalue weighted by molar-refractivity contribution is -0.146. The molecule has 0 saturated heterocycles. The SMILES string of the molecule is C[C@H](NC(=O)C1=C[C@@H](c2ccsc2)C[C@@H](OCCCCO)O1)c1ccc(F)cc1. The summed E-state index contributed by atoms with van der Waals surface area (Å²) in [4.78, 5) is 12.8. The van der Waals surface area contributed by atoms with Crippen LogP contribution in [0.4, 0.5) is 4.39 Å². The maximum absolute atomic E-state index is 13.1. The molecule has 2 N–H and O–H groups in total. The molecule has 2 aromatic rings. The second-order valence-electron chi connectivity index (χ2n) is 7.03. The molecule has 0 bridgehead atoms. The number of aliphatic hydroxyl groups is 1. The van der Waals surface area contributed by atoms with Crippen LogP contribution in [0.3, 0.4) is 0 Å². The molecule has 3 atom stereocenters. The predicted molar refractivity (Wildman–Crippen MR) is 110 cm³/mol. The van der Waals surface area contributed by atoms with E-state index >= 15 is 0 Å². The molecular formula is C22H26FNO4S. The Morgan fingerprint density at radius 2 is 2.14 bits per heavy atom. The summed E-state index contributed by atoms with van der Waals surface area (Å²) in [6, 6.07) is 7.79. The number of amides is 1. The van der Waals surface area contributed by atoms with Gasteiger partial charge in [-0.1, -0.05) is 12.1 Å². The zero-order valence-electron chi connectivity index (χ0n) is 16.3. The Balaban J connectivity index is 1.68. The summed E-state index contributed by atoms with van der Waals surface area (Å²) in [5, 5.41) is 15.9. The van der Waals surface area contributed by atoms with Crippen LogP contribution >= 0.6 is 11.3 Å². The number of thiophene rings is 1.